The van der Waals surface area contributed by atoms with Gasteiger partial charge in [-0.25, -0.2) is 4.98 Å². The standard InChI is InChI=1S/C21H23N3OS/c1-15(18-11-7-4-8-12-18)23-20(25)19-16(2)24-21(26-19)22-14-13-17-9-5-3-6-10-17/h3-12,15H,13-14H2,1-2H3,(H,22,24)(H,23,25)/t15-/m1/s1. The molecule has 26 heavy (non-hydrogen) atoms. The number of rotatable bonds is 7. The number of hydrogen-bond acceptors (Lipinski definition) is 4. The Hall–Kier alpha value is -2.66. The number of hydrogen-bond donors (Lipinski definition) is 2. The summed E-state index contributed by atoms with van der Waals surface area (Å²) in [5.41, 5.74) is 3.13. The molecule has 0 bridgehead atoms. The van der Waals surface area contributed by atoms with E-state index >= 15 is 0 Å². The van der Waals surface area contributed by atoms with E-state index in [2.05, 4.69) is 27.8 Å². The van der Waals surface area contributed by atoms with Crippen molar-refractivity contribution < 1.29 is 4.79 Å². The summed E-state index contributed by atoms with van der Waals surface area (Å²) in [7, 11) is 0. The lowest BCUT2D eigenvalue weighted by atomic mass is 10.1. The first-order valence-electron chi connectivity index (χ1n) is 8.74. The number of aryl methyl sites for hydroxylation is 1. The van der Waals surface area contributed by atoms with Gasteiger partial charge in [-0.15, -0.1) is 0 Å². The van der Waals surface area contributed by atoms with Gasteiger partial charge >= 0.3 is 0 Å². The van der Waals surface area contributed by atoms with Gasteiger partial charge in [-0.3, -0.25) is 4.79 Å². The Morgan fingerprint density at radius 2 is 1.73 bits per heavy atom. The molecule has 0 spiro atoms. The van der Waals surface area contributed by atoms with Gasteiger partial charge in [-0.1, -0.05) is 72.0 Å². The Balaban J connectivity index is 1.57. The minimum atomic E-state index is -0.0764. The molecule has 0 saturated heterocycles. The maximum Gasteiger partial charge on any atom is 0.263 e. The molecular formula is C21H23N3OS. The van der Waals surface area contributed by atoms with E-state index in [1.165, 1.54) is 16.9 Å². The van der Waals surface area contributed by atoms with Gasteiger partial charge in [0.15, 0.2) is 5.13 Å². The van der Waals surface area contributed by atoms with Gasteiger partial charge in [0, 0.05) is 6.54 Å². The van der Waals surface area contributed by atoms with E-state index in [1.54, 1.807) is 0 Å². The zero-order valence-electron chi connectivity index (χ0n) is 15.0. The highest BCUT2D eigenvalue weighted by atomic mass is 32.1. The van der Waals surface area contributed by atoms with Gasteiger partial charge < -0.3 is 10.6 Å². The largest absolute Gasteiger partial charge is 0.361 e. The van der Waals surface area contributed by atoms with Crippen molar-refractivity contribution in [1.82, 2.24) is 10.3 Å². The van der Waals surface area contributed by atoms with E-state index in [1.807, 2.05) is 62.4 Å². The first-order chi connectivity index (χ1) is 12.6. The van der Waals surface area contributed by atoms with Crippen molar-refractivity contribution in [2.24, 2.45) is 0 Å². The first kappa shape index (κ1) is 18.1. The van der Waals surface area contributed by atoms with Crippen LogP contribution < -0.4 is 10.6 Å². The molecular weight excluding hydrogens is 342 g/mol. The van der Waals surface area contributed by atoms with Gasteiger partial charge in [0.1, 0.15) is 4.88 Å². The van der Waals surface area contributed by atoms with E-state index in [9.17, 15) is 4.79 Å². The molecule has 0 aliphatic carbocycles. The number of aromatic nitrogens is 1. The molecule has 0 radical (unpaired) electrons. The van der Waals surface area contributed by atoms with E-state index in [0.717, 1.165) is 29.4 Å². The predicted octanol–water partition coefficient (Wildman–Crippen LogP) is 4.60. The van der Waals surface area contributed by atoms with Gasteiger partial charge in [0.25, 0.3) is 5.91 Å². The van der Waals surface area contributed by atoms with Crippen LogP contribution in [0.2, 0.25) is 0 Å². The molecule has 0 aliphatic rings. The van der Waals surface area contributed by atoms with Crippen LogP contribution in [0.3, 0.4) is 0 Å². The smallest absolute Gasteiger partial charge is 0.263 e. The predicted molar refractivity (Wildman–Crippen MR) is 108 cm³/mol. The average molecular weight is 366 g/mol. The molecule has 1 amide bonds. The zero-order chi connectivity index (χ0) is 18.4. The highest BCUT2D eigenvalue weighted by Gasteiger charge is 2.17. The molecule has 5 heteroatoms. The Bertz CT molecular complexity index is 846. The molecule has 0 fully saturated rings. The maximum absolute atomic E-state index is 12.6. The van der Waals surface area contributed by atoms with E-state index in [0.29, 0.717) is 4.88 Å². The third kappa shape index (κ3) is 4.70. The lowest BCUT2D eigenvalue weighted by Gasteiger charge is -2.13. The van der Waals surface area contributed by atoms with Crippen LogP contribution in [0.4, 0.5) is 5.13 Å². The second-order valence-corrected chi connectivity index (χ2v) is 7.20. The third-order valence-electron chi connectivity index (χ3n) is 4.18. The summed E-state index contributed by atoms with van der Waals surface area (Å²) >= 11 is 1.41. The molecule has 2 N–H and O–H groups in total. The fourth-order valence-electron chi connectivity index (χ4n) is 2.73. The normalized spacial score (nSPS) is 11.8. The van der Waals surface area contributed by atoms with Crippen molar-refractivity contribution in [3.8, 4) is 0 Å². The molecule has 0 saturated carbocycles. The van der Waals surface area contributed by atoms with E-state index in [4.69, 9.17) is 0 Å². The lowest BCUT2D eigenvalue weighted by Crippen LogP contribution is -2.26. The van der Waals surface area contributed by atoms with Crippen LogP contribution in [-0.4, -0.2) is 17.4 Å². The van der Waals surface area contributed by atoms with Gasteiger partial charge in [0.05, 0.1) is 11.7 Å². The quantitative estimate of drug-likeness (QED) is 0.643. The Morgan fingerprint density at radius 1 is 1.08 bits per heavy atom. The molecule has 1 heterocycles. The first-order valence-corrected chi connectivity index (χ1v) is 9.56. The van der Waals surface area contributed by atoms with Crippen molar-refractivity contribution in [2.45, 2.75) is 26.3 Å². The summed E-state index contributed by atoms with van der Waals surface area (Å²) in [6.45, 7) is 4.65. The third-order valence-corrected chi connectivity index (χ3v) is 5.30. The molecule has 3 aromatic rings. The number of nitrogens with one attached hydrogen (secondary N) is 2. The molecule has 134 valence electrons. The summed E-state index contributed by atoms with van der Waals surface area (Å²) < 4.78 is 0. The topological polar surface area (TPSA) is 54.0 Å². The molecule has 2 aromatic carbocycles. The molecule has 0 unspecified atom stereocenters. The number of nitrogens with zero attached hydrogens (tertiary/aromatic N) is 1. The van der Waals surface area contributed by atoms with Crippen molar-refractivity contribution in [3.63, 3.8) is 0 Å². The van der Waals surface area contributed by atoms with Crippen LogP contribution in [0.1, 0.15) is 39.5 Å². The monoisotopic (exact) mass is 365 g/mol. The van der Waals surface area contributed by atoms with Crippen LogP contribution >= 0.6 is 11.3 Å². The highest BCUT2D eigenvalue weighted by Crippen LogP contribution is 2.23. The molecule has 0 aliphatic heterocycles. The van der Waals surface area contributed by atoms with Gasteiger partial charge in [-0.2, -0.15) is 0 Å². The minimum absolute atomic E-state index is 0.0420. The number of thiazole rings is 1. The SMILES string of the molecule is Cc1nc(NCCc2ccccc2)sc1C(=O)N[C@H](C)c1ccccc1. The summed E-state index contributed by atoms with van der Waals surface area (Å²) in [5, 5.41) is 7.16. The summed E-state index contributed by atoms with van der Waals surface area (Å²) in [6, 6.07) is 20.2. The van der Waals surface area contributed by atoms with Gasteiger partial charge in [-0.05, 0) is 31.4 Å². The molecule has 3 rings (SSSR count). The highest BCUT2D eigenvalue weighted by molar-refractivity contribution is 7.17. The second kappa shape index (κ2) is 8.63. The molecule has 4 nitrogen and oxygen atoms in total. The number of anilines is 1. The fraction of sp³-hybridized carbons (Fsp3) is 0.238. The van der Waals surface area contributed by atoms with Gasteiger partial charge in [0.2, 0.25) is 0 Å². The Morgan fingerprint density at radius 3 is 2.42 bits per heavy atom. The van der Waals surface area contributed by atoms with Crippen LogP contribution in [0.25, 0.3) is 0 Å². The number of benzene rings is 2. The Kier molecular flexibility index (Phi) is 6.02. The second-order valence-electron chi connectivity index (χ2n) is 6.20. The van der Waals surface area contributed by atoms with Crippen LogP contribution in [-0.2, 0) is 6.42 Å². The zero-order valence-corrected chi connectivity index (χ0v) is 15.8. The summed E-state index contributed by atoms with van der Waals surface area (Å²) in [5.74, 6) is -0.0764. The molecule has 1 atom stereocenters. The summed E-state index contributed by atoms with van der Waals surface area (Å²) in [6.07, 6.45) is 0.923. The number of carbonyl (C=O) groups is 1. The number of carbonyl (C=O) groups excluding carboxylic acids is 1. The number of amides is 1. The average Bonchev–Trinajstić information content (AvgIpc) is 3.04. The van der Waals surface area contributed by atoms with Crippen molar-refractivity contribution in [3.05, 3.63) is 82.4 Å². The van der Waals surface area contributed by atoms with Crippen molar-refractivity contribution in [1.29, 1.82) is 0 Å². The Labute approximate surface area is 158 Å². The fourth-order valence-corrected chi connectivity index (χ4v) is 3.62. The van der Waals surface area contributed by atoms with Crippen LogP contribution in [0.5, 0.6) is 0 Å². The van der Waals surface area contributed by atoms with Crippen molar-refractivity contribution >= 4 is 22.4 Å². The maximum atomic E-state index is 12.6. The summed E-state index contributed by atoms with van der Waals surface area (Å²) in [4.78, 5) is 17.7. The van der Waals surface area contributed by atoms with Crippen LogP contribution in [0, 0.1) is 6.92 Å². The van der Waals surface area contributed by atoms with Crippen molar-refractivity contribution in [2.75, 3.05) is 11.9 Å². The van der Waals surface area contributed by atoms with E-state index < -0.39 is 0 Å². The van der Waals surface area contributed by atoms with Crippen LogP contribution in [0.15, 0.2) is 60.7 Å². The molecule has 1 aromatic heterocycles. The minimum Gasteiger partial charge on any atom is -0.361 e. The lowest BCUT2D eigenvalue weighted by molar-refractivity contribution is 0.0943. The van der Waals surface area contributed by atoms with E-state index in [-0.39, 0.29) is 11.9 Å².